The molecule has 9 nitrogen and oxygen atoms in total. The molecule has 3 heterocycles. The van der Waals surface area contributed by atoms with Crippen LogP contribution in [0.4, 0.5) is 11.5 Å². The molecular weight excluding hydrogens is 500 g/mol. The van der Waals surface area contributed by atoms with E-state index in [1.165, 1.54) is 5.69 Å². The fraction of sp³-hybridized carbons (Fsp3) is 0.250. The van der Waals surface area contributed by atoms with Crippen molar-refractivity contribution in [3.63, 3.8) is 0 Å². The van der Waals surface area contributed by atoms with Crippen LogP contribution >= 0.6 is 11.6 Å². The zero-order valence-electron chi connectivity index (χ0n) is 21.5. The SMILES string of the molecule is C=N/C(=C\C(=N/COc1ccc2[nH]c(C)cc2c1Cl)N1CCN(c2ccccc2)CC1)Nc1cc(C)[nH]n1. The number of hydrogen-bond donors (Lipinski definition) is 3. The van der Waals surface area contributed by atoms with Gasteiger partial charge in [0.15, 0.2) is 12.5 Å². The van der Waals surface area contributed by atoms with Gasteiger partial charge in [0.05, 0.1) is 5.02 Å². The maximum atomic E-state index is 6.63. The second-order valence-corrected chi connectivity index (χ2v) is 9.52. The fourth-order valence-corrected chi connectivity index (χ4v) is 4.77. The number of benzene rings is 2. The van der Waals surface area contributed by atoms with Crippen molar-refractivity contribution in [1.29, 1.82) is 0 Å². The minimum Gasteiger partial charge on any atom is -0.470 e. The number of halogens is 1. The highest BCUT2D eigenvalue weighted by atomic mass is 35.5. The fourth-order valence-electron chi connectivity index (χ4n) is 4.49. The first-order valence-electron chi connectivity index (χ1n) is 12.5. The smallest absolute Gasteiger partial charge is 0.181 e. The van der Waals surface area contributed by atoms with Crippen molar-refractivity contribution in [3.8, 4) is 5.75 Å². The number of nitrogens with zero attached hydrogens (tertiary/aromatic N) is 5. The molecular formula is C28H31ClN8O. The molecule has 2 aromatic carbocycles. The maximum absolute atomic E-state index is 6.63. The summed E-state index contributed by atoms with van der Waals surface area (Å²) in [6.45, 7) is 11.1. The van der Waals surface area contributed by atoms with E-state index in [-0.39, 0.29) is 6.73 Å². The third-order valence-electron chi connectivity index (χ3n) is 6.41. The Bertz CT molecular complexity index is 1460. The Morgan fingerprint density at radius 2 is 1.89 bits per heavy atom. The van der Waals surface area contributed by atoms with E-state index in [1.54, 1.807) is 0 Å². The van der Waals surface area contributed by atoms with Crippen LogP contribution in [0.3, 0.4) is 0 Å². The monoisotopic (exact) mass is 530 g/mol. The highest BCUT2D eigenvalue weighted by Crippen LogP contribution is 2.33. The van der Waals surface area contributed by atoms with E-state index >= 15 is 0 Å². The number of aryl methyl sites for hydroxylation is 2. The lowest BCUT2D eigenvalue weighted by atomic mass is 10.2. The summed E-state index contributed by atoms with van der Waals surface area (Å²) in [5.74, 6) is 2.54. The number of rotatable bonds is 8. The first-order valence-corrected chi connectivity index (χ1v) is 12.9. The number of hydrogen-bond acceptors (Lipinski definition) is 6. The van der Waals surface area contributed by atoms with Gasteiger partial charge in [0.1, 0.15) is 17.4 Å². The molecule has 38 heavy (non-hydrogen) atoms. The van der Waals surface area contributed by atoms with Crippen LogP contribution in [0, 0.1) is 13.8 Å². The quantitative estimate of drug-likeness (QED) is 0.210. The lowest BCUT2D eigenvalue weighted by molar-refractivity contribution is 0.324. The molecule has 0 unspecified atom stereocenters. The van der Waals surface area contributed by atoms with E-state index in [4.69, 9.17) is 21.3 Å². The summed E-state index contributed by atoms with van der Waals surface area (Å²) in [6, 6.07) is 18.2. The van der Waals surface area contributed by atoms with Crippen LogP contribution in [0.25, 0.3) is 10.9 Å². The molecule has 0 radical (unpaired) electrons. The van der Waals surface area contributed by atoms with Crippen LogP contribution < -0.4 is 15.0 Å². The topological polar surface area (TPSA) is 96.9 Å². The van der Waals surface area contributed by atoms with E-state index < -0.39 is 0 Å². The highest BCUT2D eigenvalue weighted by Gasteiger charge is 2.20. The van der Waals surface area contributed by atoms with Crippen molar-refractivity contribution in [1.82, 2.24) is 20.1 Å². The van der Waals surface area contributed by atoms with Gasteiger partial charge in [0, 0.05) is 66.3 Å². The number of anilines is 2. The third-order valence-corrected chi connectivity index (χ3v) is 6.80. The van der Waals surface area contributed by atoms with Gasteiger partial charge in [-0.3, -0.25) is 5.10 Å². The van der Waals surface area contributed by atoms with Crippen LogP contribution in [0.1, 0.15) is 11.4 Å². The van der Waals surface area contributed by atoms with Crippen molar-refractivity contribution in [3.05, 3.63) is 82.9 Å². The highest BCUT2D eigenvalue weighted by molar-refractivity contribution is 6.37. The first-order chi connectivity index (χ1) is 18.5. The van der Waals surface area contributed by atoms with Crippen molar-refractivity contribution < 1.29 is 4.74 Å². The van der Waals surface area contributed by atoms with Crippen LogP contribution in [0.2, 0.25) is 5.02 Å². The standard InChI is InChI=1S/C28H31ClN8O/c1-19-15-22-23(32-19)9-10-24(28(22)29)38-18-31-27(17-25(30-3)33-26-16-20(2)34-35-26)37-13-11-36(12-14-37)21-7-5-4-6-8-21/h4-10,15-17,32H,3,11-14,18H2,1-2H3,(H2,33,34,35)/b25-17+,31-27+. The number of amidine groups is 1. The van der Waals surface area contributed by atoms with E-state index in [2.05, 4.69) is 66.3 Å². The molecule has 196 valence electrons. The van der Waals surface area contributed by atoms with Gasteiger partial charge in [0.25, 0.3) is 0 Å². The number of H-pyrrole nitrogens is 2. The molecule has 0 bridgehead atoms. The Kier molecular flexibility index (Phi) is 7.65. The van der Waals surface area contributed by atoms with E-state index in [9.17, 15) is 0 Å². The number of nitrogens with one attached hydrogen (secondary N) is 3. The summed E-state index contributed by atoms with van der Waals surface area (Å²) in [6.07, 6.45) is 1.87. The summed E-state index contributed by atoms with van der Waals surface area (Å²) in [5, 5.41) is 11.9. The molecule has 0 spiro atoms. The summed E-state index contributed by atoms with van der Waals surface area (Å²) in [7, 11) is 0. The van der Waals surface area contributed by atoms with Crippen LogP contribution in [0.15, 0.2) is 76.5 Å². The van der Waals surface area contributed by atoms with Gasteiger partial charge in [-0.05, 0) is 50.9 Å². The zero-order valence-corrected chi connectivity index (χ0v) is 22.3. The Morgan fingerprint density at radius 1 is 1.11 bits per heavy atom. The second-order valence-electron chi connectivity index (χ2n) is 9.14. The Morgan fingerprint density at radius 3 is 2.61 bits per heavy atom. The normalized spacial score (nSPS) is 14.7. The van der Waals surface area contributed by atoms with E-state index in [0.29, 0.717) is 22.4 Å². The number of ether oxygens (including phenoxy) is 1. The Labute approximate surface area is 226 Å². The van der Waals surface area contributed by atoms with Gasteiger partial charge in [-0.15, -0.1) is 0 Å². The lowest BCUT2D eigenvalue weighted by Gasteiger charge is -2.37. The molecule has 5 rings (SSSR count). The lowest BCUT2D eigenvalue weighted by Crippen LogP contribution is -2.48. The van der Waals surface area contributed by atoms with Crippen LogP contribution in [-0.2, 0) is 0 Å². The molecule has 1 aliphatic rings. The molecule has 2 aromatic heterocycles. The van der Waals surface area contributed by atoms with Crippen LogP contribution in [-0.4, -0.2) is 65.5 Å². The van der Waals surface area contributed by atoms with Gasteiger partial charge < -0.3 is 24.8 Å². The minimum atomic E-state index is 0.102. The third kappa shape index (κ3) is 5.84. The predicted molar refractivity (Wildman–Crippen MR) is 156 cm³/mol. The number of fused-ring (bicyclic) bond motifs is 1. The van der Waals surface area contributed by atoms with Crippen molar-refractivity contribution in [2.45, 2.75) is 13.8 Å². The number of piperazine rings is 1. The summed E-state index contributed by atoms with van der Waals surface area (Å²) in [4.78, 5) is 16.9. The summed E-state index contributed by atoms with van der Waals surface area (Å²) >= 11 is 6.63. The largest absolute Gasteiger partial charge is 0.470 e. The molecule has 1 fully saturated rings. The zero-order chi connectivity index (χ0) is 26.5. The molecule has 3 N–H and O–H groups in total. The van der Waals surface area contributed by atoms with Gasteiger partial charge in [-0.25, -0.2) is 9.98 Å². The molecule has 0 amide bonds. The molecule has 0 aliphatic carbocycles. The average Bonchev–Trinajstić information content (AvgIpc) is 3.53. The molecule has 1 aliphatic heterocycles. The molecule has 10 heteroatoms. The molecule has 1 saturated heterocycles. The van der Waals surface area contributed by atoms with Crippen molar-refractivity contribution in [2.24, 2.45) is 9.98 Å². The maximum Gasteiger partial charge on any atom is 0.181 e. The number of para-hydroxylation sites is 1. The summed E-state index contributed by atoms with van der Waals surface area (Å²) < 4.78 is 6.02. The van der Waals surface area contributed by atoms with E-state index in [0.717, 1.165) is 54.3 Å². The average molecular weight is 531 g/mol. The predicted octanol–water partition coefficient (Wildman–Crippen LogP) is 5.37. The Hall–Kier alpha value is -4.24. The number of aromatic nitrogens is 3. The van der Waals surface area contributed by atoms with Crippen molar-refractivity contribution >= 4 is 46.6 Å². The van der Waals surface area contributed by atoms with Crippen molar-refractivity contribution in [2.75, 3.05) is 43.1 Å². The van der Waals surface area contributed by atoms with Gasteiger partial charge in [0.2, 0.25) is 0 Å². The minimum absolute atomic E-state index is 0.102. The number of aliphatic imine (C=N–C) groups is 2. The van der Waals surface area contributed by atoms with E-state index in [1.807, 2.05) is 50.3 Å². The van der Waals surface area contributed by atoms with Gasteiger partial charge >= 0.3 is 0 Å². The van der Waals surface area contributed by atoms with Gasteiger partial charge in [-0.1, -0.05) is 29.8 Å². The Balaban J connectivity index is 1.35. The molecule has 0 saturated carbocycles. The van der Waals surface area contributed by atoms with Crippen LogP contribution in [0.5, 0.6) is 5.75 Å². The molecule has 0 atom stereocenters. The summed E-state index contributed by atoms with van der Waals surface area (Å²) in [5.41, 5.74) is 4.19. The first kappa shape index (κ1) is 25.4. The number of aromatic amines is 2. The van der Waals surface area contributed by atoms with Gasteiger partial charge in [-0.2, -0.15) is 5.10 Å². The molecule has 4 aromatic rings. The second kappa shape index (κ2) is 11.4.